The van der Waals surface area contributed by atoms with Gasteiger partial charge >= 0.3 is 0 Å². The maximum Gasteiger partial charge on any atom is 0.257 e. The van der Waals surface area contributed by atoms with E-state index in [1.165, 1.54) is 35.2 Å². The van der Waals surface area contributed by atoms with E-state index in [4.69, 9.17) is 4.74 Å². The molecule has 3 rings (SSSR count). The maximum atomic E-state index is 14.2. The summed E-state index contributed by atoms with van der Waals surface area (Å²) in [6.45, 7) is 1.45. The van der Waals surface area contributed by atoms with Crippen LogP contribution in [-0.4, -0.2) is 75.1 Å². The number of benzene rings is 1. The van der Waals surface area contributed by atoms with Crippen molar-refractivity contribution in [3.05, 3.63) is 35.9 Å². The summed E-state index contributed by atoms with van der Waals surface area (Å²) in [5.41, 5.74) is -0.0344. The summed E-state index contributed by atoms with van der Waals surface area (Å²) in [6.07, 6.45) is 1.36. The molecular weight excluding hydrogens is 331 g/mol. The highest BCUT2D eigenvalue weighted by atomic mass is 19.1. The van der Waals surface area contributed by atoms with E-state index in [1.807, 2.05) is 0 Å². The molecule has 1 aromatic carbocycles. The number of hydrogen-bond acceptors (Lipinski definition) is 6. The van der Waals surface area contributed by atoms with Crippen LogP contribution in [0.5, 0.6) is 5.75 Å². The van der Waals surface area contributed by atoms with Crippen LogP contribution in [0.2, 0.25) is 0 Å². The molecule has 0 aliphatic carbocycles. The van der Waals surface area contributed by atoms with Gasteiger partial charge in [-0.1, -0.05) is 6.07 Å². The lowest BCUT2D eigenvalue weighted by Gasteiger charge is -2.34. The summed E-state index contributed by atoms with van der Waals surface area (Å²) in [6, 6.07) is 4.46. The van der Waals surface area contributed by atoms with Crippen molar-refractivity contribution in [3.8, 4) is 5.75 Å². The number of nitrogens with zero attached hydrogens (tertiary/aromatic N) is 6. The first kappa shape index (κ1) is 16.8. The Morgan fingerprint density at radius 3 is 2.56 bits per heavy atom. The summed E-state index contributed by atoms with van der Waals surface area (Å²) < 4.78 is 20.5. The minimum atomic E-state index is -0.674. The van der Waals surface area contributed by atoms with E-state index in [1.54, 1.807) is 11.0 Å². The van der Waals surface area contributed by atoms with E-state index in [9.17, 15) is 14.0 Å². The molecule has 0 N–H and O–H groups in total. The molecule has 0 spiro atoms. The Bertz CT molecular complexity index is 759. The van der Waals surface area contributed by atoms with E-state index < -0.39 is 11.7 Å². The number of amides is 2. The van der Waals surface area contributed by atoms with Crippen LogP contribution in [0.15, 0.2) is 24.5 Å². The fourth-order valence-corrected chi connectivity index (χ4v) is 2.65. The second-order valence-electron chi connectivity index (χ2n) is 5.50. The minimum Gasteiger partial charge on any atom is -0.494 e. The fourth-order valence-electron chi connectivity index (χ4n) is 2.65. The van der Waals surface area contributed by atoms with Crippen molar-refractivity contribution >= 4 is 11.8 Å². The molecule has 1 aliphatic heterocycles. The molecule has 0 saturated carbocycles. The van der Waals surface area contributed by atoms with Gasteiger partial charge in [-0.25, -0.2) is 9.07 Å². The summed E-state index contributed by atoms with van der Waals surface area (Å²) in [4.78, 5) is 27.9. The molecule has 2 amide bonds. The minimum absolute atomic E-state index is 0.0288. The first-order valence-electron chi connectivity index (χ1n) is 7.70. The van der Waals surface area contributed by atoms with E-state index in [-0.39, 0.29) is 23.8 Å². The standard InChI is InChI=1S/C15H17FN6O3/c1-25-12-4-2-3-11(14(12)16)15(24)21-7-5-20(6-8-21)13(23)9-22-10-17-18-19-22/h2-4,10H,5-9H2,1H3. The number of rotatable bonds is 4. The van der Waals surface area contributed by atoms with E-state index >= 15 is 0 Å². The topological polar surface area (TPSA) is 93.5 Å². The predicted octanol–water partition coefficient (Wildman–Crippen LogP) is -0.195. The van der Waals surface area contributed by atoms with E-state index in [2.05, 4.69) is 15.5 Å². The number of tetrazole rings is 1. The number of hydrogen-bond donors (Lipinski definition) is 0. The Morgan fingerprint density at radius 2 is 1.92 bits per heavy atom. The summed E-state index contributed by atoms with van der Waals surface area (Å²) in [5.74, 6) is -1.19. The third kappa shape index (κ3) is 3.57. The lowest BCUT2D eigenvalue weighted by atomic mass is 10.1. The summed E-state index contributed by atoms with van der Waals surface area (Å²) in [7, 11) is 1.35. The third-order valence-corrected chi connectivity index (χ3v) is 4.02. The number of carbonyl (C=O) groups excluding carboxylic acids is 2. The van der Waals surface area contributed by atoms with Gasteiger partial charge in [0.25, 0.3) is 5.91 Å². The normalized spacial score (nSPS) is 14.5. The van der Waals surface area contributed by atoms with Crippen LogP contribution < -0.4 is 4.74 Å². The molecule has 2 aromatic rings. The van der Waals surface area contributed by atoms with Crippen LogP contribution in [-0.2, 0) is 11.3 Å². The molecule has 1 fully saturated rings. The molecule has 132 valence electrons. The van der Waals surface area contributed by atoms with Gasteiger partial charge in [0.15, 0.2) is 11.6 Å². The number of aromatic nitrogens is 4. The first-order chi connectivity index (χ1) is 12.1. The Labute approximate surface area is 143 Å². The largest absolute Gasteiger partial charge is 0.494 e. The van der Waals surface area contributed by atoms with Crippen LogP contribution in [0.3, 0.4) is 0 Å². The molecule has 9 nitrogen and oxygen atoms in total. The van der Waals surface area contributed by atoms with E-state index in [0.29, 0.717) is 26.2 Å². The van der Waals surface area contributed by atoms with Crippen LogP contribution in [0, 0.1) is 5.82 Å². The van der Waals surface area contributed by atoms with Gasteiger partial charge in [0.2, 0.25) is 5.91 Å². The molecule has 2 heterocycles. The van der Waals surface area contributed by atoms with Crippen molar-refractivity contribution in [2.45, 2.75) is 6.54 Å². The van der Waals surface area contributed by atoms with Crippen molar-refractivity contribution in [2.24, 2.45) is 0 Å². The first-order valence-corrected chi connectivity index (χ1v) is 7.70. The van der Waals surface area contributed by atoms with Gasteiger partial charge in [-0.05, 0) is 22.6 Å². The maximum absolute atomic E-state index is 14.2. The van der Waals surface area contributed by atoms with Gasteiger partial charge in [0.1, 0.15) is 12.9 Å². The molecule has 0 bridgehead atoms. The lowest BCUT2D eigenvalue weighted by Crippen LogP contribution is -2.51. The Hall–Kier alpha value is -3.04. The number of methoxy groups -OCH3 is 1. The Balaban J connectivity index is 1.60. The Kier molecular flexibility index (Phi) is 4.87. The predicted molar refractivity (Wildman–Crippen MR) is 83.3 cm³/mol. The lowest BCUT2D eigenvalue weighted by molar-refractivity contribution is -0.133. The van der Waals surface area contributed by atoms with Crippen molar-refractivity contribution in [3.63, 3.8) is 0 Å². The zero-order chi connectivity index (χ0) is 17.8. The van der Waals surface area contributed by atoms with Crippen LogP contribution in [0.25, 0.3) is 0 Å². The van der Waals surface area contributed by atoms with Gasteiger partial charge in [0, 0.05) is 26.2 Å². The van der Waals surface area contributed by atoms with Gasteiger partial charge in [-0.15, -0.1) is 5.10 Å². The van der Waals surface area contributed by atoms with Gasteiger partial charge in [-0.2, -0.15) is 0 Å². The van der Waals surface area contributed by atoms with Crippen LogP contribution in [0.4, 0.5) is 4.39 Å². The van der Waals surface area contributed by atoms with Crippen molar-refractivity contribution < 1.29 is 18.7 Å². The van der Waals surface area contributed by atoms with Gasteiger partial charge in [-0.3, -0.25) is 9.59 Å². The second kappa shape index (κ2) is 7.24. The van der Waals surface area contributed by atoms with Crippen LogP contribution >= 0.6 is 0 Å². The Morgan fingerprint density at radius 1 is 1.20 bits per heavy atom. The van der Waals surface area contributed by atoms with E-state index in [0.717, 1.165) is 0 Å². The molecule has 0 atom stereocenters. The molecule has 0 unspecified atom stereocenters. The molecular formula is C15H17FN6O3. The average molecular weight is 348 g/mol. The number of ether oxygens (including phenoxy) is 1. The highest BCUT2D eigenvalue weighted by molar-refractivity contribution is 5.95. The SMILES string of the molecule is COc1cccc(C(=O)N2CCN(C(=O)Cn3cnnn3)CC2)c1F. The van der Waals surface area contributed by atoms with Crippen LogP contribution in [0.1, 0.15) is 10.4 Å². The van der Waals surface area contributed by atoms with Crippen molar-refractivity contribution in [2.75, 3.05) is 33.3 Å². The quantitative estimate of drug-likeness (QED) is 0.760. The summed E-state index contributed by atoms with van der Waals surface area (Å²) >= 11 is 0. The molecule has 1 aromatic heterocycles. The molecule has 0 radical (unpaired) electrons. The average Bonchev–Trinajstić information content (AvgIpc) is 3.14. The van der Waals surface area contributed by atoms with Crippen molar-refractivity contribution in [1.29, 1.82) is 0 Å². The zero-order valence-corrected chi connectivity index (χ0v) is 13.6. The molecule has 1 saturated heterocycles. The number of carbonyl (C=O) groups is 2. The number of piperazine rings is 1. The van der Waals surface area contributed by atoms with Gasteiger partial charge < -0.3 is 14.5 Å². The molecule has 1 aliphatic rings. The smallest absolute Gasteiger partial charge is 0.257 e. The zero-order valence-electron chi connectivity index (χ0n) is 13.6. The monoisotopic (exact) mass is 348 g/mol. The fraction of sp³-hybridized carbons (Fsp3) is 0.400. The van der Waals surface area contributed by atoms with Crippen molar-refractivity contribution in [1.82, 2.24) is 30.0 Å². The molecule has 25 heavy (non-hydrogen) atoms. The highest BCUT2D eigenvalue weighted by Gasteiger charge is 2.27. The molecule has 10 heteroatoms. The summed E-state index contributed by atoms with van der Waals surface area (Å²) in [5, 5.41) is 10.6. The second-order valence-corrected chi connectivity index (χ2v) is 5.50. The third-order valence-electron chi connectivity index (χ3n) is 4.02. The highest BCUT2D eigenvalue weighted by Crippen LogP contribution is 2.21. The van der Waals surface area contributed by atoms with Gasteiger partial charge in [0.05, 0.1) is 12.7 Å². The number of halogens is 1.